The number of hydrogen-bond donors (Lipinski definition) is 1. The Morgan fingerprint density at radius 1 is 1.09 bits per heavy atom. The summed E-state index contributed by atoms with van der Waals surface area (Å²) in [7, 11) is 0. The average molecular weight is 321 g/mol. The van der Waals surface area contributed by atoms with E-state index in [4.69, 9.17) is 0 Å². The van der Waals surface area contributed by atoms with Gasteiger partial charge in [-0.2, -0.15) is 0 Å². The molecule has 2 aromatic rings. The fourth-order valence-corrected chi connectivity index (χ4v) is 2.39. The van der Waals surface area contributed by atoms with Crippen molar-refractivity contribution in [2.45, 2.75) is 25.8 Å². The topological polar surface area (TPSA) is 55.2 Å². The Labute approximate surface area is 137 Å². The van der Waals surface area contributed by atoms with Crippen LogP contribution in [0.25, 0.3) is 0 Å². The maximum absolute atomic E-state index is 11.1. The van der Waals surface area contributed by atoms with Crippen molar-refractivity contribution in [3.05, 3.63) is 75.8 Å². The molecular weight excluding hydrogens is 300 g/mol. The van der Waals surface area contributed by atoms with Gasteiger partial charge in [0.2, 0.25) is 0 Å². The third kappa shape index (κ3) is 4.83. The minimum atomic E-state index is -0.308. The van der Waals surface area contributed by atoms with Crippen LogP contribution in [0.1, 0.15) is 30.5 Å². The van der Waals surface area contributed by atoms with Gasteiger partial charge in [0.05, 0.1) is 4.92 Å². The van der Waals surface area contributed by atoms with E-state index < -0.39 is 0 Å². The molecule has 0 spiro atoms. The lowest BCUT2D eigenvalue weighted by Crippen LogP contribution is -2.24. The second-order valence-corrected chi connectivity index (χ2v) is 5.01. The van der Waals surface area contributed by atoms with E-state index in [1.165, 1.54) is 0 Å². The maximum atomic E-state index is 11.1. The first-order valence-electron chi connectivity index (χ1n) is 7.23. The number of halogens is 1. The first-order valence-corrected chi connectivity index (χ1v) is 7.23. The van der Waals surface area contributed by atoms with Gasteiger partial charge in [0.1, 0.15) is 0 Å². The summed E-state index contributed by atoms with van der Waals surface area (Å²) in [5.74, 6) is 0. The lowest BCUT2D eigenvalue weighted by atomic mass is 9.97. The standard InChI is InChI=1S/C17H20N2O2.ClH/c1-2-12-18-16(14-8-4-3-5-9-14)13-15-10-6-7-11-17(15)19(20)21;/h3-11,16,18H,2,12-13H2,1H3;1H. The predicted molar refractivity (Wildman–Crippen MR) is 91.5 cm³/mol. The summed E-state index contributed by atoms with van der Waals surface area (Å²) in [4.78, 5) is 10.8. The van der Waals surface area contributed by atoms with Gasteiger partial charge < -0.3 is 5.32 Å². The fraction of sp³-hybridized carbons (Fsp3) is 0.294. The van der Waals surface area contributed by atoms with Crippen molar-refractivity contribution in [2.24, 2.45) is 0 Å². The first-order chi connectivity index (χ1) is 10.2. The number of nitro groups is 1. The highest BCUT2D eigenvalue weighted by Gasteiger charge is 2.18. The summed E-state index contributed by atoms with van der Waals surface area (Å²) in [6, 6.07) is 17.1. The Morgan fingerprint density at radius 3 is 2.36 bits per heavy atom. The molecule has 4 nitrogen and oxygen atoms in total. The zero-order valence-electron chi connectivity index (χ0n) is 12.6. The largest absolute Gasteiger partial charge is 0.310 e. The number of nitro benzene ring substituents is 1. The highest BCUT2D eigenvalue weighted by atomic mass is 35.5. The van der Waals surface area contributed by atoms with Gasteiger partial charge in [-0.3, -0.25) is 10.1 Å². The number of nitrogens with zero attached hydrogens (tertiary/aromatic N) is 1. The van der Waals surface area contributed by atoms with Gasteiger partial charge in [-0.1, -0.05) is 55.5 Å². The van der Waals surface area contributed by atoms with Crippen LogP contribution in [-0.2, 0) is 6.42 Å². The molecule has 0 aliphatic heterocycles. The van der Waals surface area contributed by atoms with Gasteiger partial charge in [-0.15, -0.1) is 12.4 Å². The van der Waals surface area contributed by atoms with E-state index in [0.717, 1.165) is 24.1 Å². The van der Waals surface area contributed by atoms with Crippen LogP contribution in [0, 0.1) is 10.1 Å². The predicted octanol–water partition coefficient (Wildman–Crippen LogP) is 4.30. The molecule has 0 saturated carbocycles. The molecule has 0 aromatic heterocycles. The SMILES string of the molecule is CCCNC(Cc1ccccc1[N+](=O)[O-])c1ccccc1.Cl. The second-order valence-electron chi connectivity index (χ2n) is 5.01. The molecule has 0 aliphatic carbocycles. The summed E-state index contributed by atoms with van der Waals surface area (Å²) in [5.41, 5.74) is 2.11. The average Bonchev–Trinajstić information content (AvgIpc) is 2.52. The molecule has 0 aliphatic rings. The number of para-hydroxylation sites is 1. The van der Waals surface area contributed by atoms with Gasteiger partial charge in [0.15, 0.2) is 0 Å². The maximum Gasteiger partial charge on any atom is 0.272 e. The van der Waals surface area contributed by atoms with E-state index in [1.807, 2.05) is 30.3 Å². The molecule has 22 heavy (non-hydrogen) atoms. The summed E-state index contributed by atoms with van der Waals surface area (Å²) < 4.78 is 0. The zero-order chi connectivity index (χ0) is 15.1. The Bertz CT molecular complexity index is 590. The molecule has 0 radical (unpaired) electrons. The van der Waals surface area contributed by atoms with Crippen LogP contribution in [0.15, 0.2) is 54.6 Å². The van der Waals surface area contributed by atoms with Crippen molar-refractivity contribution >= 4 is 18.1 Å². The molecule has 2 aromatic carbocycles. The summed E-state index contributed by atoms with van der Waals surface area (Å²) in [5, 5.41) is 14.6. The van der Waals surface area contributed by atoms with Crippen molar-refractivity contribution in [1.29, 1.82) is 0 Å². The number of rotatable bonds is 7. The number of hydrogen-bond acceptors (Lipinski definition) is 3. The molecule has 1 N–H and O–H groups in total. The van der Waals surface area contributed by atoms with Crippen molar-refractivity contribution < 1.29 is 4.92 Å². The molecule has 1 atom stereocenters. The van der Waals surface area contributed by atoms with Crippen LogP contribution in [0.5, 0.6) is 0 Å². The van der Waals surface area contributed by atoms with Gasteiger partial charge >= 0.3 is 0 Å². The third-order valence-corrected chi connectivity index (χ3v) is 3.46. The quantitative estimate of drug-likeness (QED) is 0.611. The minimum absolute atomic E-state index is 0. The Morgan fingerprint density at radius 2 is 1.73 bits per heavy atom. The van der Waals surface area contributed by atoms with Gasteiger partial charge in [-0.25, -0.2) is 0 Å². The number of benzene rings is 2. The van der Waals surface area contributed by atoms with Crippen LogP contribution in [0.4, 0.5) is 5.69 Å². The molecule has 0 heterocycles. The highest BCUT2D eigenvalue weighted by Crippen LogP contribution is 2.24. The Hall–Kier alpha value is -1.91. The van der Waals surface area contributed by atoms with Crippen molar-refractivity contribution in [3.8, 4) is 0 Å². The summed E-state index contributed by atoms with van der Waals surface area (Å²) in [6.07, 6.45) is 1.64. The Balaban J connectivity index is 0.00000242. The van der Waals surface area contributed by atoms with E-state index in [9.17, 15) is 10.1 Å². The molecule has 0 bridgehead atoms. The van der Waals surface area contributed by atoms with E-state index >= 15 is 0 Å². The Kier molecular flexibility index (Phi) is 7.57. The monoisotopic (exact) mass is 320 g/mol. The molecule has 5 heteroatoms. The van der Waals surface area contributed by atoms with Gasteiger partial charge in [0, 0.05) is 17.7 Å². The van der Waals surface area contributed by atoms with Crippen LogP contribution < -0.4 is 5.32 Å². The van der Waals surface area contributed by atoms with Crippen molar-refractivity contribution in [2.75, 3.05) is 6.54 Å². The lowest BCUT2D eigenvalue weighted by Gasteiger charge is -2.19. The molecule has 0 amide bonds. The third-order valence-electron chi connectivity index (χ3n) is 3.46. The van der Waals surface area contributed by atoms with E-state index in [2.05, 4.69) is 24.4 Å². The van der Waals surface area contributed by atoms with Crippen LogP contribution in [0.3, 0.4) is 0 Å². The smallest absolute Gasteiger partial charge is 0.272 e. The number of nitrogens with one attached hydrogen (secondary N) is 1. The molecule has 2 rings (SSSR count). The van der Waals surface area contributed by atoms with Crippen molar-refractivity contribution in [3.63, 3.8) is 0 Å². The molecule has 118 valence electrons. The molecule has 0 saturated heterocycles. The van der Waals surface area contributed by atoms with Crippen LogP contribution in [-0.4, -0.2) is 11.5 Å². The molecular formula is C17H21ClN2O2. The van der Waals surface area contributed by atoms with Gasteiger partial charge in [-0.05, 0) is 24.9 Å². The van der Waals surface area contributed by atoms with E-state index in [1.54, 1.807) is 12.1 Å². The van der Waals surface area contributed by atoms with E-state index in [-0.39, 0.29) is 29.1 Å². The summed E-state index contributed by atoms with van der Waals surface area (Å²) in [6.45, 7) is 3.00. The lowest BCUT2D eigenvalue weighted by molar-refractivity contribution is -0.385. The highest BCUT2D eigenvalue weighted by molar-refractivity contribution is 5.85. The van der Waals surface area contributed by atoms with Crippen molar-refractivity contribution in [1.82, 2.24) is 5.32 Å². The zero-order valence-corrected chi connectivity index (χ0v) is 13.4. The minimum Gasteiger partial charge on any atom is -0.310 e. The fourth-order valence-electron chi connectivity index (χ4n) is 2.39. The van der Waals surface area contributed by atoms with Gasteiger partial charge in [0.25, 0.3) is 5.69 Å². The molecule has 0 fully saturated rings. The first kappa shape index (κ1) is 18.1. The molecule has 1 unspecified atom stereocenters. The van der Waals surface area contributed by atoms with Crippen LogP contribution >= 0.6 is 12.4 Å². The van der Waals surface area contributed by atoms with E-state index in [0.29, 0.717) is 6.42 Å². The van der Waals surface area contributed by atoms with Crippen LogP contribution in [0.2, 0.25) is 0 Å². The normalized spacial score (nSPS) is 11.5. The second kappa shape index (κ2) is 9.18. The summed E-state index contributed by atoms with van der Waals surface area (Å²) >= 11 is 0.